The molecule has 0 amide bonds. The Balaban J connectivity index is 2.16. The number of hydrogen-bond donors (Lipinski definition) is 0. The Hall–Kier alpha value is -1.12. The van der Waals surface area contributed by atoms with E-state index in [1.54, 1.807) is 4.90 Å². The molecule has 1 saturated heterocycles. The van der Waals surface area contributed by atoms with Gasteiger partial charge in [0.15, 0.2) is 0 Å². The van der Waals surface area contributed by atoms with Crippen LogP contribution in [0.15, 0.2) is 18.2 Å². The van der Waals surface area contributed by atoms with Crippen LogP contribution >= 0.6 is 0 Å². The minimum Gasteiger partial charge on any atom is -0.359 e. The van der Waals surface area contributed by atoms with E-state index in [0.29, 0.717) is 0 Å². The number of nitrogens with zero attached hydrogens (tertiary/aromatic N) is 1. The lowest BCUT2D eigenvalue weighted by molar-refractivity contribution is -0.0262. The quantitative estimate of drug-likeness (QED) is 0.669. The minimum absolute atomic E-state index is 0.143. The topological polar surface area (TPSA) is 3.24 Å². The fourth-order valence-corrected chi connectivity index (χ4v) is 1.62. The van der Waals surface area contributed by atoms with Crippen LogP contribution in [0.25, 0.3) is 0 Å². The third kappa shape index (κ3) is 1.59. The van der Waals surface area contributed by atoms with Gasteiger partial charge >= 0.3 is 0 Å². The molecule has 0 spiro atoms. The number of alkyl halides is 2. The highest BCUT2D eigenvalue weighted by atomic mass is 19.3. The lowest BCUT2D eigenvalue weighted by atomic mass is 10.1. The highest BCUT2D eigenvalue weighted by Crippen LogP contribution is 2.32. The Morgan fingerprint density at radius 1 is 1.14 bits per heavy atom. The number of aryl methyl sites for hydroxylation is 2. The summed E-state index contributed by atoms with van der Waals surface area (Å²) in [6.45, 7) is 3.73. The molecule has 0 bridgehead atoms. The van der Waals surface area contributed by atoms with E-state index in [1.807, 2.05) is 32.0 Å². The van der Waals surface area contributed by atoms with Crippen LogP contribution < -0.4 is 4.90 Å². The van der Waals surface area contributed by atoms with Crippen molar-refractivity contribution in [1.82, 2.24) is 0 Å². The molecule has 1 heterocycles. The summed E-state index contributed by atoms with van der Waals surface area (Å²) >= 11 is 0. The van der Waals surface area contributed by atoms with Crippen molar-refractivity contribution < 1.29 is 8.78 Å². The summed E-state index contributed by atoms with van der Waals surface area (Å²) in [5, 5.41) is 0. The van der Waals surface area contributed by atoms with Gasteiger partial charge in [0, 0.05) is 5.69 Å². The lowest BCUT2D eigenvalue weighted by Crippen LogP contribution is -2.56. The van der Waals surface area contributed by atoms with Gasteiger partial charge in [-0.1, -0.05) is 6.07 Å². The molecule has 1 aromatic carbocycles. The van der Waals surface area contributed by atoms with Crippen molar-refractivity contribution >= 4 is 5.69 Å². The van der Waals surface area contributed by atoms with Gasteiger partial charge in [0.05, 0.1) is 13.1 Å². The molecule has 1 aliphatic heterocycles. The van der Waals surface area contributed by atoms with Gasteiger partial charge in [-0.05, 0) is 37.1 Å². The second kappa shape index (κ2) is 2.94. The summed E-state index contributed by atoms with van der Waals surface area (Å²) in [4.78, 5) is 1.70. The van der Waals surface area contributed by atoms with E-state index in [-0.39, 0.29) is 13.1 Å². The standard InChI is InChI=1S/C11H13F2N/c1-8-3-4-10(5-9(8)2)14-6-11(12,13)7-14/h3-5H,6-7H2,1-2H3. The Bertz CT molecular complexity index is 352. The Morgan fingerprint density at radius 2 is 1.79 bits per heavy atom. The molecule has 14 heavy (non-hydrogen) atoms. The van der Waals surface area contributed by atoms with Crippen LogP contribution in [-0.4, -0.2) is 19.0 Å². The molecular formula is C11H13F2N. The number of rotatable bonds is 1. The van der Waals surface area contributed by atoms with Crippen LogP contribution in [0.3, 0.4) is 0 Å². The second-order valence-electron chi connectivity index (χ2n) is 3.98. The van der Waals surface area contributed by atoms with Gasteiger partial charge in [0.2, 0.25) is 0 Å². The normalized spacial score (nSPS) is 19.3. The van der Waals surface area contributed by atoms with E-state index in [1.165, 1.54) is 5.56 Å². The zero-order valence-corrected chi connectivity index (χ0v) is 8.35. The van der Waals surface area contributed by atoms with Crippen molar-refractivity contribution in [2.24, 2.45) is 0 Å². The molecule has 0 unspecified atom stereocenters. The molecule has 0 aliphatic carbocycles. The maximum Gasteiger partial charge on any atom is 0.282 e. The number of benzene rings is 1. The summed E-state index contributed by atoms with van der Waals surface area (Å²) in [6, 6.07) is 5.84. The number of hydrogen-bond acceptors (Lipinski definition) is 1. The lowest BCUT2D eigenvalue weighted by Gasteiger charge is -2.40. The maximum absolute atomic E-state index is 12.6. The van der Waals surface area contributed by atoms with E-state index in [2.05, 4.69) is 0 Å². The molecule has 76 valence electrons. The van der Waals surface area contributed by atoms with Crippen LogP contribution in [0.2, 0.25) is 0 Å². The monoisotopic (exact) mass is 197 g/mol. The first-order valence-electron chi connectivity index (χ1n) is 4.68. The Labute approximate surface area is 82.3 Å². The van der Waals surface area contributed by atoms with Gasteiger partial charge in [0.25, 0.3) is 5.92 Å². The van der Waals surface area contributed by atoms with Crippen molar-refractivity contribution in [3.8, 4) is 0 Å². The first-order valence-corrected chi connectivity index (χ1v) is 4.68. The molecule has 1 aliphatic rings. The Morgan fingerprint density at radius 3 is 2.29 bits per heavy atom. The molecule has 3 heteroatoms. The zero-order valence-electron chi connectivity index (χ0n) is 8.35. The van der Waals surface area contributed by atoms with E-state index in [4.69, 9.17) is 0 Å². The largest absolute Gasteiger partial charge is 0.359 e. The molecule has 0 radical (unpaired) electrons. The van der Waals surface area contributed by atoms with Crippen LogP contribution in [0.5, 0.6) is 0 Å². The third-order valence-electron chi connectivity index (χ3n) is 2.70. The summed E-state index contributed by atoms with van der Waals surface area (Å²) in [7, 11) is 0. The smallest absolute Gasteiger partial charge is 0.282 e. The fraction of sp³-hybridized carbons (Fsp3) is 0.455. The van der Waals surface area contributed by atoms with E-state index < -0.39 is 5.92 Å². The van der Waals surface area contributed by atoms with Gasteiger partial charge in [-0.25, -0.2) is 8.78 Å². The van der Waals surface area contributed by atoms with Crippen molar-refractivity contribution in [2.75, 3.05) is 18.0 Å². The summed E-state index contributed by atoms with van der Waals surface area (Å²) in [5.74, 6) is -2.49. The van der Waals surface area contributed by atoms with Crippen molar-refractivity contribution in [1.29, 1.82) is 0 Å². The summed E-state index contributed by atoms with van der Waals surface area (Å²) in [5.41, 5.74) is 3.25. The molecule has 2 rings (SSSR count). The van der Waals surface area contributed by atoms with Crippen LogP contribution in [0.4, 0.5) is 14.5 Å². The van der Waals surface area contributed by atoms with E-state index in [9.17, 15) is 8.78 Å². The van der Waals surface area contributed by atoms with Crippen molar-refractivity contribution in [3.63, 3.8) is 0 Å². The van der Waals surface area contributed by atoms with Crippen LogP contribution in [0, 0.1) is 13.8 Å². The minimum atomic E-state index is -2.49. The van der Waals surface area contributed by atoms with E-state index in [0.717, 1.165) is 11.3 Å². The summed E-state index contributed by atoms with van der Waals surface area (Å²) in [6.07, 6.45) is 0. The fourth-order valence-electron chi connectivity index (χ4n) is 1.62. The van der Waals surface area contributed by atoms with Gasteiger partial charge < -0.3 is 4.90 Å². The zero-order chi connectivity index (χ0) is 10.3. The van der Waals surface area contributed by atoms with Crippen molar-refractivity contribution in [3.05, 3.63) is 29.3 Å². The average molecular weight is 197 g/mol. The SMILES string of the molecule is Cc1ccc(N2CC(F)(F)C2)cc1C. The molecule has 0 saturated carbocycles. The third-order valence-corrected chi connectivity index (χ3v) is 2.70. The van der Waals surface area contributed by atoms with Crippen LogP contribution in [-0.2, 0) is 0 Å². The highest BCUT2D eigenvalue weighted by Gasteiger charge is 2.43. The van der Waals surface area contributed by atoms with Gasteiger partial charge in [-0.3, -0.25) is 0 Å². The number of halogens is 2. The first-order chi connectivity index (χ1) is 6.48. The summed E-state index contributed by atoms with van der Waals surface area (Å²) < 4.78 is 25.2. The average Bonchev–Trinajstić information content (AvgIpc) is 2.06. The predicted octanol–water partition coefficient (Wildman–Crippen LogP) is 2.76. The van der Waals surface area contributed by atoms with Crippen molar-refractivity contribution in [2.45, 2.75) is 19.8 Å². The first kappa shape index (κ1) is 9.44. The van der Waals surface area contributed by atoms with Gasteiger partial charge in [0.1, 0.15) is 0 Å². The predicted molar refractivity (Wildman–Crippen MR) is 53.1 cm³/mol. The number of anilines is 1. The second-order valence-corrected chi connectivity index (χ2v) is 3.98. The maximum atomic E-state index is 12.6. The van der Waals surface area contributed by atoms with Gasteiger partial charge in [-0.2, -0.15) is 0 Å². The Kier molecular flexibility index (Phi) is 1.98. The van der Waals surface area contributed by atoms with Crippen LogP contribution in [0.1, 0.15) is 11.1 Å². The molecule has 1 nitrogen and oxygen atoms in total. The van der Waals surface area contributed by atoms with E-state index >= 15 is 0 Å². The van der Waals surface area contributed by atoms with Gasteiger partial charge in [-0.15, -0.1) is 0 Å². The molecule has 1 fully saturated rings. The molecule has 0 aromatic heterocycles. The highest BCUT2D eigenvalue weighted by molar-refractivity contribution is 5.53. The molecule has 1 aromatic rings. The molecule has 0 N–H and O–H groups in total. The molecular weight excluding hydrogens is 184 g/mol. The molecule has 0 atom stereocenters.